The standard InChI is InChI=1S/C31H49NO11/c1-6-9-12-17-38-29(34)41-23(4)22-32-25(28(33)37-5)20-24-15-16-26(42-30(35)39-18-13-10-7-2)27(21-24)43-31(36)40-19-14-11-8-3/h15-16,21,23,25,32H,6-14,17-20,22H2,1-5H3/t23?,25-/m0/s1. The van der Waals surface area contributed by atoms with Crippen molar-refractivity contribution < 1.29 is 52.3 Å². The lowest BCUT2D eigenvalue weighted by Crippen LogP contribution is -2.43. The van der Waals surface area contributed by atoms with Crippen molar-refractivity contribution in [2.75, 3.05) is 33.5 Å². The summed E-state index contributed by atoms with van der Waals surface area (Å²) in [7, 11) is 1.26. The van der Waals surface area contributed by atoms with Gasteiger partial charge in [-0.15, -0.1) is 0 Å². The Morgan fingerprint density at radius 1 is 0.721 bits per heavy atom. The van der Waals surface area contributed by atoms with Crippen molar-refractivity contribution in [1.82, 2.24) is 5.32 Å². The molecule has 1 N–H and O–H groups in total. The minimum absolute atomic E-state index is 0.0446. The summed E-state index contributed by atoms with van der Waals surface area (Å²) < 4.78 is 36.1. The number of unbranched alkanes of at least 4 members (excludes halogenated alkanes) is 6. The molecule has 43 heavy (non-hydrogen) atoms. The van der Waals surface area contributed by atoms with E-state index in [2.05, 4.69) is 12.2 Å². The number of esters is 1. The van der Waals surface area contributed by atoms with Crippen LogP contribution < -0.4 is 14.8 Å². The van der Waals surface area contributed by atoms with Crippen molar-refractivity contribution in [1.29, 1.82) is 0 Å². The molecule has 0 fully saturated rings. The topological polar surface area (TPSA) is 145 Å². The highest BCUT2D eigenvalue weighted by atomic mass is 16.7. The molecule has 0 radical (unpaired) electrons. The molecule has 1 rings (SSSR count). The summed E-state index contributed by atoms with van der Waals surface area (Å²) in [5.41, 5.74) is 0.559. The summed E-state index contributed by atoms with van der Waals surface area (Å²) in [5.74, 6) is -0.672. The van der Waals surface area contributed by atoms with Gasteiger partial charge in [0.1, 0.15) is 12.1 Å². The zero-order valence-corrected chi connectivity index (χ0v) is 26.3. The quantitative estimate of drug-likeness (QED) is 0.0700. The lowest BCUT2D eigenvalue weighted by molar-refractivity contribution is -0.143. The first kappa shape index (κ1) is 37.5. The van der Waals surface area contributed by atoms with Crippen LogP contribution in [-0.2, 0) is 34.9 Å². The van der Waals surface area contributed by atoms with Gasteiger partial charge in [0.25, 0.3) is 0 Å². The number of hydrogen-bond donors (Lipinski definition) is 1. The van der Waals surface area contributed by atoms with Crippen molar-refractivity contribution in [3.63, 3.8) is 0 Å². The summed E-state index contributed by atoms with van der Waals surface area (Å²) in [4.78, 5) is 49.0. The van der Waals surface area contributed by atoms with Gasteiger partial charge in [0.05, 0.1) is 26.9 Å². The summed E-state index contributed by atoms with van der Waals surface area (Å²) in [6.45, 7) is 8.59. The second-order valence-corrected chi connectivity index (χ2v) is 10.0. The highest BCUT2D eigenvalue weighted by molar-refractivity contribution is 5.76. The van der Waals surface area contributed by atoms with Crippen LogP contribution in [0.25, 0.3) is 0 Å². The number of hydrogen-bond acceptors (Lipinski definition) is 12. The van der Waals surface area contributed by atoms with Crippen LogP contribution in [0.5, 0.6) is 11.5 Å². The predicted octanol–water partition coefficient (Wildman–Crippen LogP) is 6.50. The Balaban J connectivity index is 2.93. The predicted molar refractivity (Wildman–Crippen MR) is 158 cm³/mol. The molecule has 0 aliphatic rings. The second kappa shape index (κ2) is 23.0. The summed E-state index contributed by atoms with van der Waals surface area (Å²) >= 11 is 0. The maximum Gasteiger partial charge on any atom is 0.513 e. The number of rotatable bonds is 21. The first-order valence-corrected chi connectivity index (χ1v) is 15.2. The number of benzene rings is 1. The zero-order valence-electron chi connectivity index (χ0n) is 26.3. The van der Waals surface area contributed by atoms with E-state index in [0.29, 0.717) is 18.4 Å². The van der Waals surface area contributed by atoms with Gasteiger partial charge in [-0.05, 0) is 50.3 Å². The van der Waals surface area contributed by atoms with Crippen LogP contribution in [0.4, 0.5) is 14.4 Å². The molecule has 0 spiro atoms. The fraction of sp³-hybridized carbons (Fsp3) is 0.677. The van der Waals surface area contributed by atoms with Gasteiger partial charge in [0.15, 0.2) is 11.5 Å². The van der Waals surface area contributed by atoms with Crippen LogP contribution in [0.2, 0.25) is 0 Å². The average Bonchev–Trinajstić information content (AvgIpc) is 2.98. The number of ether oxygens (including phenoxy) is 7. The Morgan fingerprint density at radius 2 is 1.23 bits per heavy atom. The van der Waals surface area contributed by atoms with Crippen molar-refractivity contribution >= 4 is 24.4 Å². The third kappa shape index (κ3) is 17.2. The van der Waals surface area contributed by atoms with E-state index in [-0.39, 0.29) is 44.3 Å². The maximum absolute atomic E-state index is 12.5. The van der Waals surface area contributed by atoms with Crippen molar-refractivity contribution in [2.45, 2.75) is 104 Å². The molecule has 1 aromatic carbocycles. The van der Waals surface area contributed by atoms with Crippen LogP contribution in [0.1, 0.15) is 91.0 Å². The zero-order chi connectivity index (χ0) is 31.9. The first-order valence-electron chi connectivity index (χ1n) is 15.2. The van der Waals surface area contributed by atoms with E-state index < -0.39 is 36.6 Å². The van der Waals surface area contributed by atoms with Crippen LogP contribution >= 0.6 is 0 Å². The van der Waals surface area contributed by atoms with Crippen LogP contribution in [0.15, 0.2) is 18.2 Å². The molecule has 0 bridgehead atoms. The van der Waals surface area contributed by atoms with Gasteiger partial charge in [-0.1, -0.05) is 65.4 Å². The van der Waals surface area contributed by atoms with E-state index in [1.165, 1.54) is 19.2 Å². The van der Waals surface area contributed by atoms with E-state index in [9.17, 15) is 19.2 Å². The summed E-state index contributed by atoms with van der Waals surface area (Å²) in [6.07, 6.45) is 4.69. The van der Waals surface area contributed by atoms with Crippen LogP contribution in [0, 0.1) is 0 Å². The van der Waals surface area contributed by atoms with Crippen molar-refractivity contribution in [3.8, 4) is 11.5 Å². The lowest BCUT2D eigenvalue weighted by atomic mass is 10.0. The van der Waals surface area contributed by atoms with Gasteiger partial charge in [-0.3, -0.25) is 4.79 Å². The molecule has 12 heteroatoms. The van der Waals surface area contributed by atoms with Gasteiger partial charge < -0.3 is 38.5 Å². The summed E-state index contributed by atoms with van der Waals surface area (Å²) in [6, 6.07) is 3.69. The molecule has 0 saturated heterocycles. The van der Waals surface area contributed by atoms with Gasteiger partial charge in [0, 0.05) is 6.54 Å². The SMILES string of the molecule is CCCCCOC(=O)Oc1ccc(C[C@H](NCC(C)OC(=O)OCCCCC)C(=O)OC)cc1OC(=O)OCCCCC. The Bertz CT molecular complexity index is 969. The molecule has 1 aromatic rings. The maximum atomic E-state index is 12.5. The molecule has 0 aliphatic carbocycles. The van der Waals surface area contributed by atoms with Crippen LogP contribution in [-0.4, -0.2) is 70.1 Å². The van der Waals surface area contributed by atoms with Gasteiger partial charge in [-0.25, -0.2) is 14.4 Å². The number of methoxy groups -OCH3 is 1. The highest BCUT2D eigenvalue weighted by Gasteiger charge is 2.23. The minimum atomic E-state index is -0.954. The van der Waals surface area contributed by atoms with E-state index >= 15 is 0 Å². The van der Waals surface area contributed by atoms with E-state index in [0.717, 1.165) is 44.9 Å². The molecule has 2 atom stereocenters. The average molecular weight is 612 g/mol. The molecule has 12 nitrogen and oxygen atoms in total. The fourth-order valence-electron chi connectivity index (χ4n) is 3.77. The van der Waals surface area contributed by atoms with E-state index in [1.807, 2.05) is 13.8 Å². The Hall–Kier alpha value is -3.54. The van der Waals surface area contributed by atoms with Gasteiger partial charge in [0.2, 0.25) is 0 Å². The molecule has 0 heterocycles. The smallest absolute Gasteiger partial charge is 0.468 e. The number of carbonyl (C=O) groups is 4. The lowest BCUT2D eigenvalue weighted by Gasteiger charge is -2.20. The number of carbonyl (C=O) groups excluding carboxylic acids is 4. The van der Waals surface area contributed by atoms with Crippen LogP contribution in [0.3, 0.4) is 0 Å². The molecular formula is C31H49NO11. The Morgan fingerprint density at radius 3 is 1.74 bits per heavy atom. The Labute approximate surface area is 255 Å². The van der Waals surface area contributed by atoms with Crippen molar-refractivity contribution in [3.05, 3.63) is 23.8 Å². The third-order valence-corrected chi connectivity index (χ3v) is 6.17. The Kier molecular flexibility index (Phi) is 20.0. The van der Waals surface area contributed by atoms with E-state index in [4.69, 9.17) is 33.2 Å². The molecule has 0 aliphatic heterocycles. The second-order valence-electron chi connectivity index (χ2n) is 10.0. The number of nitrogens with one attached hydrogen (secondary N) is 1. The molecular weight excluding hydrogens is 562 g/mol. The third-order valence-electron chi connectivity index (χ3n) is 6.17. The molecule has 1 unspecified atom stereocenters. The molecule has 244 valence electrons. The van der Waals surface area contributed by atoms with Crippen molar-refractivity contribution in [2.24, 2.45) is 0 Å². The summed E-state index contributed by atoms with van der Waals surface area (Å²) in [5, 5.41) is 3.04. The minimum Gasteiger partial charge on any atom is -0.468 e. The largest absolute Gasteiger partial charge is 0.513 e. The normalized spacial score (nSPS) is 12.0. The fourth-order valence-corrected chi connectivity index (χ4v) is 3.77. The first-order chi connectivity index (χ1) is 20.7. The highest BCUT2D eigenvalue weighted by Crippen LogP contribution is 2.30. The van der Waals surface area contributed by atoms with Gasteiger partial charge >= 0.3 is 24.4 Å². The molecule has 0 aromatic heterocycles. The molecule has 0 saturated carbocycles. The monoisotopic (exact) mass is 611 g/mol. The van der Waals surface area contributed by atoms with E-state index in [1.54, 1.807) is 13.0 Å². The van der Waals surface area contributed by atoms with Gasteiger partial charge in [-0.2, -0.15) is 0 Å². The molecule has 0 amide bonds.